The summed E-state index contributed by atoms with van der Waals surface area (Å²) >= 11 is 0. The maximum Gasteiger partial charge on any atom is 0.313 e. The molecule has 0 saturated carbocycles. The van der Waals surface area contributed by atoms with Crippen LogP contribution in [0.1, 0.15) is 50.2 Å². The van der Waals surface area contributed by atoms with Crippen LogP contribution in [0.25, 0.3) is 0 Å². The molecule has 6 heteroatoms. The maximum absolute atomic E-state index is 12.9. The lowest BCUT2D eigenvalue weighted by atomic mass is 9.84. The first-order valence-electron chi connectivity index (χ1n) is 10.4. The van der Waals surface area contributed by atoms with Crippen LogP contribution < -0.4 is 4.74 Å². The summed E-state index contributed by atoms with van der Waals surface area (Å²) in [6, 6.07) is 7.88. The minimum absolute atomic E-state index is 0.0573. The summed E-state index contributed by atoms with van der Waals surface area (Å²) in [7, 11) is 1.57. The number of esters is 2. The van der Waals surface area contributed by atoms with Crippen LogP contribution in [0.3, 0.4) is 0 Å². The van der Waals surface area contributed by atoms with Gasteiger partial charge >= 0.3 is 11.9 Å². The Morgan fingerprint density at radius 3 is 2.86 bits per heavy atom. The highest BCUT2D eigenvalue weighted by molar-refractivity contribution is 5.84. The van der Waals surface area contributed by atoms with Crippen molar-refractivity contribution in [3.63, 3.8) is 0 Å². The maximum atomic E-state index is 12.9. The fraction of sp³-hybridized carbons (Fsp3) is 0.636. The van der Waals surface area contributed by atoms with Crippen molar-refractivity contribution >= 4 is 11.9 Å². The van der Waals surface area contributed by atoms with Crippen molar-refractivity contribution in [2.45, 2.75) is 50.7 Å². The Balaban J connectivity index is 1.42. The number of methoxy groups -OCH3 is 1. The van der Waals surface area contributed by atoms with Gasteiger partial charge in [0.2, 0.25) is 0 Å². The third-order valence-electron chi connectivity index (χ3n) is 6.43. The zero-order valence-corrected chi connectivity index (χ0v) is 16.5. The molecule has 3 aliphatic heterocycles. The molecule has 0 bridgehead atoms. The second-order valence-electron chi connectivity index (χ2n) is 8.09. The molecule has 0 aromatic heterocycles. The third-order valence-corrected chi connectivity index (χ3v) is 6.43. The third kappa shape index (κ3) is 3.88. The number of carbonyl (C=O) groups is 2. The molecule has 0 spiro atoms. The zero-order chi connectivity index (χ0) is 19.5. The van der Waals surface area contributed by atoms with E-state index in [9.17, 15) is 9.59 Å². The number of benzene rings is 1. The number of cyclic esters (lactones) is 1. The van der Waals surface area contributed by atoms with Crippen LogP contribution in [0.15, 0.2) is 24.3 Å². The second kappa shape index (κ2) is 8.52. The monoisotopic (exact) mass is 387 g/mol. The SMILES string of the molecule is COc1ccccc1[C@H]1OC(=O)C[C@H]1C(=O)OC[C@H]1CCCN2CCCC[C@H]12. The van der Waals surface area contributed by atoms with Crippen LogP contribution in [0.4, 0.5) is 0 Å². The van der Waals surface area contributed by atoms with Gasteiger partial charge in [-0.1, -0.05) is 24.6 Å². The summed E-state index contributed by atoms with van der Waals surface area (Å²) in [5.41, 5.74) is 0.717. The minimum atomic E-state index is -0.645. The molecule has 0 amide bonds. The molecule has 4 rings (SSSR count). The Bertz CT molecular complexity index is 719. The molecule has 0 radical (unpaired) electrons. The number of fused-ring (bicyclic) bond motifs is 1. The fourth-order valence-electron chi connectivity index (χ4n) is 5.01. The van der Waals surface area contributed by atoms with E-state index >= 15 is 0 Å². The zero-order valence-electron chi connectivity index (χ0n) is 16.5. The number of hydrogen-bond acceptors (Lipinski definition) is 6. The average Bonchev–Trinajstić information content (AvgIpc) is 3.13. The topological polar surface area (TPSA) is 65.1 Å². The van der Waals surface area contributed by atoms with Crippen LogP contribution in [0.5, 0.6) is 5.75 Å². The van der Waals surface area contributed by atoms with Crippen molar-refractivity contribution in [2.24, 2.45) is 11.8 Å². The molecule has 1 aromatic carbocycles. The number of piperidine rings is 2. The van der Waals surface area contributed by atoms with Gasteiger partial charge in [-0.15, -0.1) is 0 Å². The summed E-state index contributed by atoms with van der Waals surface area (Å²) in [4.78, 5) is 27.4. The Kier molecular flexibility index (Phi) is 5.85. The molecule has 6 nitrogen and oxygen atoms in total. The number of para-hydroxylation sites is 1. The van der Waals surface area contributed by atoms with E-state index in [1.807, 2.05) is 24.3 Å². The van der Waals surface area contributed by atoms with Crippen molar-refractivity contribution in [1.29, 1.82) is 0 Å². The highest BCUT2D eigenvalue weighted by Crippen LogP contribution is 2.40. The van der Waals surface area contributed by atoms with Gasteiger partial charge in [-0.2, -0.15) is 0 Å². The molecule has 0 unspecified atom stereocenters. The van der Waals surface area contributed by atoms with Gasteiger partial charge in [-0.3, -0.25) is 14.5 Å². The Morgan fingerprint density at radius 1 is 1.18 bits per heavy atom. The smallest absolute Gasteiger partial charge is 0.313 e. The first-order chi connectivity index (χ1) is 13.7. The predicted molar refractivity (Wildman–Crippen MR) is 103 cm³/mol. The summed E-state index contributed by atoms with van der Waals surface area (Å²) in [6.45, 7) is 2.76. The Hall–Kier alpha value is -2.08. The quantitative estimate of drug-likeness (QED) is 0.724. The van der Waals surface area contributed by atoms with Crippen molar-refractivity contribution in [2.75, 3.05) is 26.8 Å². The second-order valence-corrected chi connectivity index (χ2v) is 8.09. The van der Waals surface area contributed by atoms with Gasteiger partial charge in [0.1, 0.15) is 17.8 Å². The van der Waals surface area contributed by atoms with Gasteiger partial charge in [0, 0.05) is 17.5 Å². The summed E-state index contributed by atoms with van der Waals surface area (Å²) in [6.07, 6.45) is 5.39. The van der Waals surface area contributed by atoms with E-state index in [-0.39, 0.29) is 18.4 Å². The number of nitrogens with zero attached hydrogens (tertiary/aromatic N) is 1. The van der Waals surface area contributed by atoms with E-state index < -0.39 is 12.0 Å². The lowest BCUT2D eigenvalue weighted by molar-refractivity contribution is -0.153. The summed E-state index contributed by atoms with van der Waals surface area (Å²) in [5.74, 6) is -0.315. The molecular weight excluding hydrogens is 358 g/mol. The fourth-order valence-corrected chi connectivity index (χ4v) is 5.01. The number of rotatable bonds is 5. The van der Waals surface area contributed by atoms with Gasteiger partial charge in [-0.25, -0.2) is 0 Å². The first-order valence-corrected chi connectivity index (χ1v) is 10.4. The lowest BCUT2D eigenvalue weighted by Gasteiger charge is -2.44. The van der Waals surface area contributed by atoms with E-state index in [2.05, 4.69) is 4.90 Å². The molecular formula is C22H29NO5. The molecule has 3 aliphatic rings. The molecule has 0 N–H and O–H groups in total. The molecule has 3 fully saturated rings. The lowest BCUT2D eigenvalue weighted by Crippen LogP contribution is -2.49. The summed E-state index contributed by atoms with van der Waals surface area (Å²) < 4.78 is 16.6. The van der Waals surface area contributed by atoms with E-state index in [4.69, 9.17) is 14.2 Å². The number of carbonyl (C=O) groups excluding carboxylic acids is 2. The minimum Gasteiger partial charge on any atom is -0.496 e. The van der Waals surface area contributed by atoms with E-state index in [1.54, 1.807) is 7.11 Å². The first kappa shape index (κ1) is 19.2. The van der Waals surface area contributed by atoms with E-state index in [1.165, 1.54) is 19.3 Å². The van der Waals surface area contributed by atoms with Crippen LogP contribution in [-0.4, -0.2) is 49.7 Å². The van der Waals surface area contributed by atoms with Crippen LogP contribution in [-0.2, 0) is 19.1 Å². The van der Waals surface area contributed by atoms with Crippen molar-refractivity contribution in [3.05, 3.63) is 29.8 Å². The Morgan fingerprint density at radius 2 is 2.00 bits per heavy atom. The van der Waals surface area contributed by atoms with Crippen molar-refractivity contribution in [3.8, 4) is 5.75 Å². The van der Waals surface area contributed by atoms with Crippen molar-refractivity contribution in [1.82, 2.24) is 4.90 Å². The van der Waals surface area contributed by atoms with E-state index in [0.717, 1.165) is 25.9 Å². The van der Waals surface area contributed by atoms with Gasteiger partial charge < -0.3 is 14.2 Å². The largest absolute Gasteiger partial charge is 0.496 e. The normalized spacial score (nSPS) is 30.4. The molecule has 1 aromatic rings. The molecule has 152 valence electrons. The molecule has 3 saturated heterocycles. The van der Waals surface area contributed by atoms with Crippen LogP contribution >= 0.6 is 0 Å². The van der Waals surface area contributed by atoms with Crippen molar-refractivity contribution < 1.29 is 23.8 Å². The number of hydrogen-bond donors (Lipinski definition) is 0. The number of ether oxygens (including phenoxy) is 3. The molecule has 0 aliphatic carbocycles. The summed E-state index contributed by atoms with van der Waals surface area (Å²) in [5, 5.41) is 0. The van der Waals surface area contributed by atoms with Gasteiger partial charge in [0.15, 0.2) is 0 Å². The van der Waals surface area contributed by atoms with Gasteiger partial charge in [0.25, 0.3) is 0 Å². The van der Waals surface area contributed by atoms with Crippen LogP contribution in [0, 0.1) is 11.8 Å². The van der Waals surface area contributed by atoms with Gasteiger partial charge in [-0.05, 0) is 44.8 Å². The molecule has 28 heavy (non-hydrogen) atoms. The van der Waals surface area contributed by atoms with Crippen LogP contribution in [0.2, 0.25) is 0 Å². The van der Waals surface area contributed by atoms with Gasteiger partial charge in [0.05, 0.1) is 20.1 Å². The Labute approximate surface area is 166 Å². The van der Waals surface area contributed by atoms with E-state index in [0.29, 0.717) is 29.9 Å². The highest BCUT2D eigenvalue weighted by Gasteiger charge is 2.43. The standard InChI is InChI=1S/C22H29NO5/c1-26-19-10-3-2-8-16(19)21-17(13-20(24)28-21)22(25)27-14-15-7-6-12-23-11-5-4-9-18(15)23/h2-3,8,10,15,17-18,21H,4-7,9,11-14H2,1H3/t15-,17-,18-,21-/m1/s1. The predicted octanol–water partition coefficient (Wildman–Crippen LogP) is 3.11. The average molecular weight is 387 g/mol. The highest BCUT2D eigenvalue weighted by atomic mass is 16.6. The molecule has 4 atom stereocenters. The molecule has 3 heterocycles.